The van der Waals surface area contributed by atoms with Crippen molar-refractivity contribution in [2.45, 2.75) is 23.2 Å². The van der Waals surface area contributed by atoms with E-state index in [4.69, 9.17) is 11.6 Å². The van der Waals surface area contributed by atoms with Gasteiger partial charge in [0.15, 0.2) is 0 Å². The molecule has 1 N–H and O–H groups in total. The average molecular weight is 201 g/mol. The van der Waals surface area contributed by atoms with Crippen molar-refractivity contribution < 1.29 is 5.11 Å². The highest BCUT2D eigenvalue weighted by Crippen LogP contribution is 2.44. The Bertz CT molecular complexity index is 313. The number of halogens is 1. The summed E-state index contributed by atoms with van der Waals surface area (Å²) in [5.41, 5.74) is 0.972. The molecule has 2 rings (SSSR count). The third-order valence-electron chi connectivity index (χ3n) is 2.05. The summed E-state index contributed by atoms with van der Waals surface area (Å²) >= 11 is 7.52. The Hall–Kier alpha value is -0.180. The minimum absolute atomic E-state index is 0.249. The number of fused-ring (bicyclic) bond motifs is 1. The number of aliphatic hydroxyl groups excluding tert-OH is 1. The molecule has 1 aromatic rings. The molecule has 1 aromatic carbocycles. The van der Waals surface area contributed by atoms with Crippen molar-refractivity contribution >= 4 is 23.4 Å². The largest absolute Gasteiger partial charge is 0.387 e. The van der Waals surface area contributed by atoms with E-state index >= 15 is 0 Å². The molecule has 1 nitrogen and oxygen atoms in total. The highest BCUT2D eigenvalue weighted by Gasteiger charge is 2.28. The molecule has 0 aromatic heterocycles. The smallest absolute Gasteiger partial charge is 0.0920 e. The molecule has 12 heavy (non-hydrogen) atoms. The van der Waals surface area contributed by atoms with Crippen LogP contribution in [0, 0.1) is 0 Å². The van der Waals surface area contributed by atoms with Gasteiger partial charge in [0.1, 0.15) is 0 Å². The molecular formula is C9H9ClOS. The summed E-state index contributed by atoms with van der Waals surface area (Å²) in [6.45, 7) is 2.02. The molecule has 2 unspecified atom stereocenters. The van der Waals surface area contributed by atoms with Crippen LogP contribution in [0.3, 0.4) is 0 Å². The second kappa shape index (κ2) is 2.95. The van der Waals surface area contributed by atoms with Crippen LogP contribution in [0.4, 0.5) is 0 Å². The summed E-state index contributed by atoms with van der Waals surface area (Å²) in [7, 11) is 0. The first-order valence-electron chi connectivity index (χ1n) is 3.82. The predicted molar refractivity (Wildman–Crippen MR) is 51.7 cm³/mol. The van der Waals surface area contributed by atoms with Crippen LogP contribution in [0.15, 0.2) is 23.1 Å². The van der Waals surface area contributed by atoms with E-state index in [0.29, 0.717) is 5.02 Å². The molecule has 0 fully saturated rings. The van der Waals surface area contributed by atoms with Crippen molar-refractivity contribution in [3.63, 3.8) is 0 Å². The zero-order valence-electron chi connectivity index (χ0n) is 6.62. The average Bonchev–Trinajstić information content (AvgIpc) is 2.31. The molecule has 0 saturated carbocycles. The van der Waals surface area contributed by atoms with Gasteiger partial charge in [0.05, 0.1) is 6.10 Å². The Balaban J connectivity index is 2.48. The van der Waals surface area contributed by atoms with Gasteiger partial charge >= 0.3 is 0 Å². The highest BCUT2D eigenvalue weighted by atomic mass is 35.5. The zero-order valence-corrected chi connectivity index (χ0v) is 8.19. The number of thioether (sulfide) groups is 1. The van der Waals surface area contributed by atoms with Crippen molar-refractivity contribution in [2.24, 2.45) is 0 Å². The summed E-state index contributed by atoms with van der Waals surface area (Å²) in [6, 6.07) is 5.67. The van der Waals surface area contributed by atoms with Gasteiger partial charge in [-0.25, -0.2) is 0 Å². The van der Waals surface area contributed by atoms with E-state index in [1.165, 1.54) is 0 Å². The van der Waals surface area contributed by atoms with E-state index in [1.807, 2.05) is 25.1 Å². The fourth-order valence-electron chi connectivity index (χ4n) is 1.38. The normalized spacial score (nSPS) is 27.2. The van der Waals surface area contributed by atoms with Crippen molar-refractivity contribution in [1.29, 1.82) is 0 Å². The van der Waals surface area contributed by atoms with E-state index in [9.17, 15) is 5.11 Å². The first-order valence-corrected chi connectivity index (χ1v) is 5.08. The molecule has 2 atom stereocenters. The molecule has 0 bridgehead atoms. The Morgan fingerprint density at radius 2 is 2.25 bits per heavy atom. The molecule has 0 radical (unpaired) electrons. The van der Waals surface area contributed by atoms with E-state index in [0.717, 1.165) is 10.5 Å². The summed E-state index contributed by atoms with van der Waals surface area (Å²) in [5, 5.41) is 10.6. The van der Waals surface area contributed by atoms with E-state index in [-0.39, 0.29) is 11.4 Å². The van der Waals surface area contributed by atoms with Crippen LogP contribution in [0.5, 0.6) is 0 Å². The molecular weight excluding hydrogens is 192 g/mol. The molecule has 1 aliphatic heterocycles. The maximum Gasteiger partial charge on any atom is 0.0920 e. The monoisotopic (exact) mass is 200 g/mol. The minimum atomic E-state index is -0.358. The lowest BCUT2D eigenvalue weighted by Gasteiger charge is -2.06. The predicted octanol–water partition coefficient (Wildman–Crippen LogP) is 2.87. The van der Waals surface area contributed by atoms with Crippen LogP contribution < -0.4 is 0 Å². The quantitative estimate of drug-likeness (QED) is 0.695. The molecule has 0 amide bonds. The van der Waals surface area contributed by atoms with Gasteiger partial charge in [-0.3, -0.25) is 0 Å². The molecule has 0 aliphatic carbocycles. The lowest BCUT2D eigenvalue weighted by Crippen LogP contribution is -2.03. The van der Waals surface area contributed by atoms with Gasteiger partial charge in [0.25, 0.3) is 0 Å². The SMILES string of the molecule is CC1Sc2ccc(Cl)cc2C1O. The summed E-state index contributed by atoms with van der Waals surface area (Å²) in [6.07, 6.45) is -0.358. The lowest BCUT2D eigenvalue weighted by molar-refractivity contribution is 0.181. The minimum Gasteiger partial charge on any atom is -0.387 e. The third-order valence-corrected chi connectivity index (χ3v) is 3.54. The summed E-state index contributed by atoms with van der Waals surface area (Å²) in [5.74, 6) is 0. The van der Waals surface area contributed by atoms with Gasteiger partial charge in [-0.05, 0) is 23.8 Å². The van der Waals surface area contributed by atoms with Crippen LogP contribution in [0.2, 0.25) is 5.02 Å². The molecule has 3 heteroatoms. The van der Waals surface area contributed by atoms with Gasteiger partial charge < -0.3 is 5.11 Å². The molecule has 0 saturated heterocycles. The molecule has 0 spiro atoms. The van der Waals surface area contributed by atoms with Crippen LogP contribution >= 0.6 is 23.4 Å². The third kappa shape index (κ3) is 1.24. The number of rotatable bonds is 0. The van der Waals surface area contributed by atoms with Gasteiger partial charge in [0, 0.05) is 15.2 Å². The van der Waals surface area contributed by atoms with Crippen LogP contribution in [0.25, 0.3) is 0 Å². The van der Waals surface area contributed by atoms with E-state index in [2.05, 4.69) is 0 Å². The lowest BCUT2D eigenvalue weighted by atomic mass is 10.1. The highest BCUT2D eigenvalue weighted by molar-refractivity contribution is 8.00. The van der Waals surface area contributed by atoms with E-state index < -0.39 is 0 Å². The van der Waals surface area contributed by atoms with Crippen LogP contribution in [-0.4, -0.2) is 10.4 Å². The Labute approximate surface area is 80.7 Å². The zero-order chi connectivity index (χ0) is 8.72. The maximum atomic E-state index is 9.69. The number of aliphatic hydroxyl groups is 1. The Kier molecular flexibility index (Phi) is 2.07. The fourth-order valence-corrected chi connectivity index (χ4v) is 2.69. The van der Waals surface area contributed by atoms with Crippen molar-refractivity contribution in [3.05, 3.63) is 28.8 Å². The first-order chi connectivity index (χ1) is 5.68. The van der Waals surface area contributed by atoms with Crippen molar-refractivity contribution in [3.8, 4) is 0 Å². The van der Waals surface area contributed by atoms with Crippen LogP contribution in [-0.2, 0) is 0 Å². The van der Waals surface area contributed by atoms with Crippen LogP contribution in [0.1, 0.15) is 18.6 Å². The van der Waals surface area contributed by atoms with Gasteiger partial charge in [-0.15, -0.1) is 11.8 Å². The van der Waals surface area contributed by atoms with Crippen molar-refractivity contribution in [1.82, 2.24) is 0 Å². The van der Waals surface area contributed by atoms with Gasteiger partial charge in [-0.2, -0.15) is 0 Å². The standard InChI is InChI=1S/C9H9ClOS/c1-5-9(11)7-4-6(10)2-3-8(7)12-5/h2-5,9,11H,1H3. The Morgan fingerprint density at radius 1 is 1.50 bits per heavy atom. The number of hydrogen-bond donors (Lipinski definition) is 1. The Morgan fingerprint density at radius 3 is 3.00 bits per heavy atom. The first kappa shape index (κ1) is 8.42. The van der Waals surface area contributed by atoms with E-state index in [1.54, 1.807) is 11.8 Å². The molecule has 64 valence electrons. The number of benzene rings is 1. The van der Waals surface area contributed by atoms with Crippen molar-refractivity contribution in [2.75, 3.05) is 0 Å². The maximum absolute atomic E-state index is 9.69. The molecule has 1 aliphatic rings. The second-order valence-electron chi connectivity index (χ2n) is 2.95. The topological polar surface area (TPSA) is 20.2 Å². The number of hydrogen-bond acceptors (Lipinski definition) is 2. The van der Waals surface area contributed by atoms with Gasteiger partial charge in [0.2, 0.25) is 0 Å². The summed E-state index contributed by atoms with van der Waals surface area (Å²) in [4.78, 5) is 1.15. The van der Waals surface area contributed by atoms with Gasteiger partial charge in [-0.1, -0.05) is 18.5 Å². The molecule has 1 heterocycles. The fraction of sp³-hybridized carbons (Fsp3) is 0.333. The summed E-state index contributed by atoms with van der Waals surface area (Å²) < 4.78 is 0. The second-order valence-corrected chi connectivity index (χ2v) is 4.81.